The van der Waals surface area contributed by atoms with Crippen LogP contribution in [0.4, 0.5) is 15.9 Å². The van der Waals surface area contributed by atoms with Crippen molar-refractivity contribution in [2.24, 2.45) is 0 Å². The molecule has 0 saturated heterocycles. The number of pyridine rings is 2. The predicted octanol–water partition coefficient (Wildman–Crippen LogP) is 5.24. The van der Waals surface area contributed by atoms with Crippen molar-refractivity contribution >= 4 is 46.3 Å². The quantitative estimate of drug-likeness (QED) is 0.342. The van der Waals surface area contributed by atoms with Crippen molar-refractivity contribution in [3.05, 3.63) is 96.9 Å². The third kappa shape index (κ3) is 4.25. The Bertz CT molecular complexity index is 1610. The van der Waals surface area contributed by atoms with Crippen LogP contribution in [0.3, 0.4) is 0 Å². The fraction of sp³-hybridized carbons (Fsp3) is 0.200. The molecule has 4 aromatic rings. The molecule has 4 heterocycles. The lowest BCUT2D eigenvalue weighted by Gasteiger charge is -2.22. The topological polar surface area (TPSA) is 99.8 Å². The highest BCUT2D eigenvalue weighted by molar-refractivity contribution is 6.32. The molecule has 11 heteroatoms. The van der Waals surface area contributed by atoms with Crippen molar-refractivity contribution in [3.8, 4) is 0 Å². The van der Waals surface area contributed by atoms with E-state index in [1.54, 1.807) is 12.3 Å². The van der Waals surface area contributed by atoms with E-state index >= 15 is 0 Å². The Balaban J connectivity index is 1.60. The highest BCUT2D eigenvalue weighted by Gasteiger charge is 2.26. The van der Waals surface area contributed by atoms with Gasteiger partial charge in [-0.15, -0.1) is 0 Å². The van der Waals surface area contributed by atoms with Gasteiger partial charge in [-0.1, -0.05) is 29.3 Å². The zero-order chi connectivity index (χ0) is 25.7. The van der Waals surface area contributed by atoms with Crippen molar-refractivity contribution in [3.63, 3.8) is 0 Å². The van der Waals surface area contributed by atoms with Gasteiger partial charge in [0.05, 0.1) is 11.7 Å². The van der Waals surface area contributed by atoms with E-state index in [1.165, 1.54) is 28.7 Å². The lowest BCUT2D eigenvalue weighted by Crippen LogP contribution is -2.25. The summed E-state index contributed by atoms with van der Waals surface area (Å²) in [6, 6.07) is 9.02. The highest BCUT2D eigenvalue weighted by Crippen LogP contribution is 2.33. The molecule has 1 aromatic carbocycles. The molecule has 0 aliphatic carbocycles. The summed E-state index contributed by atoms with van der Waals surface area (Å²) in [5.41, 5.74) is 3.17. The van der Waals surface area contributed by atoms with E-state index in [0.29, 0.717) is 30.1 Å². The number of benzene rings is 1. The van der Waals surface area contributed by atoms with Gasteiger partial charge in [-0.3, -0.25) is 9.20 Å². The number of carbonyl (C=O) groups is 1. The number of anilines is 2. The van der Waals surface area contributed by atoms with E-state index < -0.39 is 17.6 Å². The lowest BCUT2D eigenvalue weighted by molar-refractivity contribution is 0.0691. The largest absolute Gasteiger partial charge is 0.476 e. The third-order valence-electron chi connectivity index (χ3n) is 6.11. The molecule has 0 radical (unpaired) electrons. The third-order valence-corrected chi connectivity index (χ3v) is 6.65. The van der Waals surface area contributed by atoms with Gasteiger partial charge < -0.3 is 15.3 Å². The second-order valence-electron chi connectivity index (χ2n) is 8.69. The minimum absolute atomic E-state index is 0.0343. The van der Waals surface area contributed by atoms with Gasteiger partial charge in [-0.2, -0.15) is 0 Å². The zero-order valence-corrected chi connectivity index (χ0v) is 20.7. The molecule has 0 spiro atoms. The molecule has 1 atom stereocenters. The molecule has 1 aliphatic heterocycles. The molecule has 5 rings (SSSR count). The number of aromatic carboxylic acids is 1. The Labute approximate surface area is 214 Å². The fourth-order valence-electron chi connectivity index (χ4n) is 4.44. The van der Waals surface area contributed by atoms with E-state index in [-0.39, 0.29) is 27.4 Å². The summed E-state index contributed by atoms with van der Waals surface area (Å²) in [5.74, 6) is -1.26. The van der Waals surface area contributed by atoms with Crippen LogP contribution in [-0.2, 0) is 13.1 Å². The van der Waals surface area contributed by atoms with Gasteiger partial charge in [0.15, 0.2) is 11.5 Å². The standard InChI is InChI=1S/C25H20Cl2FN5O3/c1-12-7-17(13(2)29-18-5-6-19(26)30-21(18)25(35)36)22-31-23(20(27)24(34)33(22)9-12)32-10-14-3-4-16(28)8-15(14)11-32/h3-9,13,29H,10-11H2,1-2H3,(H,35,36)/t13-/m1/s1. The first kappa shape index (κ1) is 24.0. The van der Waals surface area contributed by atoms with Crippen LogP contribution in [0, 0.1) is 12.7 Å². The number of hydrogen-bond donors (Lipinski definition) is 2. The summed E-state index contributed by atoms with van der Waals surface area (Å²) in [4.78, 5) is 35.5. The number of carboxylic acids is 1. The number of nitrogens with one attached hydrogen (secondary N) is 1. The van der Waals surface area contributed by atoms with Gasteiger partial charge in [-0.05, 0) is 60.9 Å². The van der Waals surface area contributed by atoms with Crippen LogP contribution in [0.2, 0.25) is 10.2 Å². The van der Waals surface area contributed by atoms with Gasteiger partial charge in [-0.25, -0.2) is 19.2 Å². The van der Waals surface area contributed by atoms with E-state index in [0.717, 1.165) is 16.7 Å². The van der Waals surface area contributed by atoms with Gasteiger partial charge in [0, 0.05) is 24.8 Å². The summed E-state index contributed by atoms with van der Waals surface area (Å²) < 4.78 is 15.1. The maximum Gasteiger partial charge on any atom is 0.356 e. The van der Waals surface area contributed by atoms with Crippen molar-refractivity contribution < 1.29 is 14.3 Å². The first-order valence-electron chi connectivity index (χ1n) is 11.0. The second kappa shape index (κ2) is 9.07. The molecule has 0 unspecified atom stereocenters. The number of nitrogens with zero attached hydrogens (tertiary/aromatic N) is 4. The average molecular weight is 528 g/mol. The molecule has 0 saturated carbocycles. The zero-order valence-electron chi connectivity index (χ0n) is 19.2. The van der Waals surface area contributed by atoms with E-state index in [1.807, 2.05) is 24.8 Å². The Morgan fingerprint density at radius 3 is 2.64 bits per heavy atom. The molecule has 8 nitrogen and oxygen atoms in total. The average Bonchev–Trinajstić information content (AvgIpc) is 3.25. The van der Waals surface area contributed by atoms with Gasteiger partial charge in [0.25, 0.3) is 5.56 Å². The summed E-state index contributed by atoms with van der Waals surface area (Å²) in [6.45, 7) is 4.46. The van der Waals surface area contributed by atoms with Crippen molar-refractivity contribution in [1.29, 1.82) is 0 Å². The maximum absolute atomic E-state index is 13.7. The summed E-state index contributed by atoms with van der Waals surface area (Å²) >= 11 is 12.4. The van der Waals surface area contributed by atoms with Gasteiger partial charge in [0.1, 0.15) is 21.6 Å². The maximum atomic E-state index is 13.7. The van der Waals surface area contributed by atoms with Gasteiger partial charge in [0.2, 0.25) is 0 Å². The van der Waals surface area contributed by atoms with Crippen molar-refractivity contribution in [1.82, 2.24) is 14.4 Å². The number of rotatable bonds is 5. The molecular formula is C25H20Cl2FN5O3. The van der Waals surface area contributed by atoms with Crippen LogP contribution in [0.5, 0.6) is 0 Å². The van der Waals surface area contributed by atoms with E-state index in [9.17, 15) is 19.1 Å². The second-order valence-corrected chi connectivity index (χ2v) is 9.46. The van der Waals surface area contributed by atoms with Crippen LogP contribution < -0.4 is 15.8 Å². The molecule has 3 aromatic heterocycles. The first-order valence-corrected chi connectivity index (χ1v) is 11.8. The number of carboxylic acid groups (broad SMARTS) is 1. The number of hydrogen-bond acceptors (Lipinski definition) is 6. The molecule has 0 fully saturated rings. The summed E-state index contributed by atoms with van der Waals surface area (Å²) in [5, 5.41) is 12.7. The number of halogens is 3. The number of aromatic nitrogens is 3. The first-order chi connectivity index (χ1) is 17.1. The fourth-order valence-corrected chi connectivity index (χ4v) is 4.84. The molecule has 1 aliphatic rings. The smallest absolute Gasteiger partial charge is 0.356 e. The normalized spacial score (nSPS) is 13.6. The van der Waals surface area contributed by atoms with E-state index in [2.05, 4.69) is 10.3 Å². The number of aryl methyl sites for hydroxylation is 1. The highest BCUT2D eigenvalue weighted by atomic mass is 35.5. The van der Waals surface area contributed by atoms with Crippen LogP contribution >= 0.6 is 23.2 Å². The van der Waals surface area contributed by atoms with Crippen LogP contribution in [0.1, 0.15) is 45.7 Å². The predicted molar refractivity (Wildman–Crippen MR) is 136 cm³/mol. The summed E-state index contributed by atoms with van der Waals surface area (Å²) in [6.07, 6.45) is 1.65. The molecule has 2 N–H and O–H groups in total. The van der Waals surface area contributed by atoms with Crippen LogP contribution in [0.25, 0.3) is 5.65 Å². The summed E-state index contributed by atoms with van der Waals surface area (Å²) in [7, 11) is 0. The Morgan fingerprint density at radius 2 is 1.89 bits per heavy atom. The van der Waals surface area contributed by atoms with Crippen molar-refractivity contribution in [2.75, 3.05) is 10.2 Å². The minimum Gasteiger partial charge on any atom is -0.476 e. The molecule has 0 amide bonds. The lowest BCUT2D eigenvalue weighted by atomic mass is 10.1. The Kier molecular flexibility index (Phi) is 6.05. The molecule has 36 heavy (non-hydrogen) atoms. The molecule has 184 valence electrons. The molecule has 0 bridgehead atoms. The minimum atomic E-state index is -1.23. The Hall–Kier alpha value is -3.69. The van der Waals surface area contributed by atoms with Gasteiger partial charge >= 0.3 is 5.97 Å². The van der Waals surface area contributed by atoms with Crippen LogP contribution in [0.15, 0.2) is 47.4 Å². The Morgan fingerprint density at radius 1 is 1.14 bits per heavy atom. The van der Waals surface area contributed by atoms with E-state index in [4.69, 9.17) is 28.2 Å². The molecular weight excluding hydrogens is 508 g/mol. The van der Waals surface area contributed by atoms with Crippen LogP contribution in [-0.4, -0.2) is 25.4 Å². The monoisotopic (exact) mass is 527 g/mol. The van der Waals surface area contributed by atoms with Crippen molar-refractivity contribution in [2.45, 2.75) is 33.0 Å². The SMILES string of the molecule is Cc1cc([C@@H](C)Nc2ccc(Cl)nc2C(=O)O)c2nc(N3Cc4ccc(F)cc4C3)c(Cl)c(=O)n2c1. The number of fused-ring (bicyclic) bond motifs is 2.